The van der Waals surface area contributed by atoms with Crippen LogP contribution < -0.4 is 0 Å². The lowest BCUT2D eigenvalue weighted by Gasteiger charge is -2.28. The van der Waals surface area contributed by atoms with Gasteiger partial charge in [-0.05, 0) is 30.2 Å². The van der Waals surface area contributed by atoms with E-state index in [-0.39, 0.29) is 6.10 Å². The number of hydrogen-bond acceptors (Lipinski definition) is 1. The SMILES string of the molecule is CC1COC(C)c2ccc(Cl)cc21. The molecule has 1 aromatic rings. The molecule has 0 N–H and O–H groups in total. The third-order valence-electron chi connectivity index (χ3n) is 2.61. The van der Waals surface area contributed by atoms with E-state index in [1.807, 2.05) is 6.07 Å². The Hall–Kier alpha value is -0.530. The van der Waals surface area contributed by atoms with Gasteiger partial charge in [0.25, 0.3) is 0 Å². The lowest BCUT2D eigenvalue weighted by atomic mass is 9.91. The largest absolute Gasteiger partial charge is 0.373 e. The van der Waals surface area contributed by atoms with E-state index in [0.717, 1.165) is 11.6 Å². The minimum atomic E-state index is 0.212. The standard InChI is InChI=1S/C11H13ClO/c1-7-6-13-8(2)10-4-3-9(12)5-11(7)10/h3-5,7-8H,6H2,1-2H3. The zero-order valence-corrected chi connectivity index (χ0v) is 8.64. The first-order valence-corrected chi connectivity index (χ1v) is 4.97. The smallest absolute Gasteiger partial charge is 0.0799 e. The average molecular weight is 197 g/mol. The van der Waals surface area contributed by atoms with Crippen molar-refractivity contribution in [3.63, 3.8) is 0 Å². The lowest BCUT2D eigenvalue weighted by Crippen LogP contribution is -2.17. The normalized spacial score (nSPS) is 27.0. The number of ether oxygens (including phenoxy) is 1. The maximum Gasteiger partial charge on any atom is 0.0799 e. The summed E-state index contributed by atoms with van der Waals surface area (Å²) in [6, 6.07) is 6.05. The summed E-state index contributed by atoms with van der Waals surface area (Å²) in [5.74, 6) is 0.463. The Labute approximate surface area is 83.7 Å². The molecule has 1 aliphatic heterocycles. The van der Waals surface area contributed by atoms with Crippen LogP contribution in [0.3, 0.4) is 0 Å². The topological polar surface area (TPSA) is 9.23 Å². The Morgan fingerprint density at radius 1 is 1.31 bits per heavy atom. The molecular weight excluding hydrogens is 184 g/mol. The predicted molar refractivity (Wildman–Crippen MR) is 54.2 cm³/mol. The first-order chi connectivity index (χ1) is 6.18. The second-order valence-corrected chi connectivity index (χ2v) is 4.09. The van der Waals surface area contributed by atoms with E-state index >= 15 is 0 Å². The highest BCUT2D eigenvalue weighted by Gasteiger charge is 2.21. The molecule has 2 unspecified atom stereocenters. The average Bonchev–Trinajstić information content (AvgIpc) is 2.12. The highest BCUT2D eigenvalue weighted by atomic mass is 35.5. The first-order valence-electron chi connectivity index (χ1n) is 4.59. The summed E-state index contributed by atoms with van der Waals surface area (Å²) >= 11 is 5.95. The van der Waals surface area contributed by atoms with E-state index in [1.54, 1.807) is 0 Å². The Bertz CT molecular complexity index is 322. The van der Waals surface area contributed by atoms with E-state index in [4.69, 9.17) is 16.3 Å². The van der Waals surface area contributed by atoms with Crippen LogP contribution in [-0.2, 0) is 4.74 Å². The van der Waals surface area contributed by atoms with E-state index in [1.165, 1.54) is 11.1 Å². The molecule has 0 fully saturated rings. The van der Waals surface area contributed by atoms with Crippen LogP contribution in [0.1, 0.15) is 37.0 Å². The van der Waals surface area contributed by atoms with Crippen molar-refractivity contribution >= 4 is 11.6 Å². The third-order valence-corrected chi connectivity index (χ3v) is 2.85. The summed E-state index contributed by atoms with van der Waals surface area (Å²) in [6.45, 7) is 5.05. The molecule has 2 atom stereocenters. The Balaban J connectivity index is 2.50. The molecule has 0 radical (unpaired) electrons. The zero-order chi connectivity index (χ0) is 9.42. The molecule has 0 aliphatic carbocycles. The van der Waals surface area contributed by atoms with Crippen molar-refractivity contribution in [1.82, 2.24) is 0 Å². The van der Waals surface area contributed by atoms with Gasteiger partial charge in [0, 0.05) is 10.9 Å². The van der Waals surface area contributed by atoms with Crippen molar-refractivity contribution in [2.45, 2.75) is 25.9 Å². The van der Waals surface area contributed by atoms with E-state index in [2.05, 4.69) is 26.0 Å². The van der Waals surface area contributed by atoms with Crippen molar-refractivity contribution in [2.24, 2.45) is 0 Å². The van der Waals surface area contributed by atoms with E-state index < -0.39 is 0 Å². The fourth-order valence-corrected chi connectivity index (χ4v) is 1.99. The van der Waals surface area contributed by atoms with Crippen molar-refractivity contribution < 1.29 is 4.74 Å². The fourth-order valence-electron chi connectivity index (χ4n) is 1.81. The molecule has 1 heterocycles. The second-order valence-electron chi connectivity index (χ2n) is 3.65. The van der Waals surface area contributed by atoms with Crippen LogP contribution in [-0.4, -0.2) is 6.61 Å². The van der Waals surface area contributed by atoms with Gasteiger partial charge in [-0.2, -0.15) is 0 Å². The molecule has 13 heavy (non-hydrogen) atoms. The summed E-state index contributed by atoms with van der Waals surface area (Å²) < 4.78 is 5.61. The van der Waals surface area contributed by atoms with Gasteiger partial charge in [0.1, 0.15) is 0 Å². The van der Waals surface area contributed by atoms with Gasteiger partial charge in [-0.15, -0.1) is 0 Å². The highest BCUT2D eigenvalue weighted by Crippen LogP contribution is 2.34. The van der Waals surface area contributed by atoms with E-state index in [9.17, 15) is 0 Å². The quantitative estimate of drug-likeness (QED) is 0.617. The summed E-state index contributed by atoms with van der Waals surface area (Å²) in [4.78, 5) is 0. The number of halogens is 1. The Morgan fingerprint density at radius 2 is 2.08 bits per heavy atom. The van der Waals surface area contributed by atoms with E-state index in [0.29, 0.717) is 5.92 Å². The van der Waals surface area contributed by atoms with Crippen molar-refractivity contribution in [2.75, 3.05) is 6.61 Å². The Morgan fingerprint density at radius 3 is 2.85 bits per heavy atom. The fraction of sp³-hybridized carbons (Fsp3) is 0.455. The highest BCUT2D eigenvalue weighted by molar-refractivity contribution is 6.30. The molecular formula is C11H13ClO. The number of hydrogen-bond donors (Lipinski definition) is 0. The van der Waals surface area contributed by atoms with Gasteiger partial charge in [-0.3, -0.25) is 0 Å². The maximum atomic E-state index is 5.95. The number of fused-ring (bicyclic) bond motifs is 1. The van der Waals surface area contributed by atoms with Gasteiger partial charge >= 0.3 is 0 Å². The predicted octanol–water partition coefficient (Wildman–Crippen LogP) is 3.53. The molecule has 0 bridgehead atoms. The summed E-state index contributed by atoms with van der Waals surface area (Å²) in [6.07, 6.45) is 0.212. The van der Waals surface area contributed by atoms with Crippen molar-refractivity contribution in [3.8, 4) is 0 Å². The number of benzene rings is 1. The Kier molecular flexibility index (Phi) is 2.31. The number of rotatable bonds is 0. The summed E-state index contributed by atoms with van der Waals surface area (Å²) in [5.41, 5.74) is 2.62. The molecule has 70 valence electrons. The minimum absolute atomic E-state index is 0.212. The van der Waals surface area contributed by atoms with Crippen molar-refractivity contribution in [3.05, 3.63) is 34.3 Å². The zero-order valence-electron chi connectivity index (χ0n) is 7.88. The van der Waals surface area contributed by atoms with Gasteiger partial charge < -0.3 is 4.74 Å². The van der Waals surface area contributed by atoms with Gasteiger partial charge in [0.2, 0.25) is 0 Å². The molecule has 0 saturated heterocycles. The van der Waals surface area contributed by atoms with Gasteiger partial charge in [0.15, 0.2) is 0 Å². The molecule has 1 aliphatic rings. The molecule has 2 rings (SSSR count). The maximum absolute atomic E-state index is 5.95. The van der Waals surface area contributed by atoms with Crippen LogP contribution in [0.2, 0.25) is 5.02 Å². The summed E-state index contributed by atoms with van der Waals surface area (Å²) in [7, 11) is 0. The van der Waals surface area contributed by atoms with Crippen LogP contribution in [0.4, 0.5) is 0 Å². The molecule has 1 nitrogen and oxygen atoms in total. The van der Waals surface area contributed by atoms with Crippen LogP contribution >= 0.6 is 11.6 Å². The molecule has 2 heteroatoms. The van der Waals surface area contributed by atoms with Crippen LogP contribution in [0.25, 0.3) is 0 Å². The first kappa shape index (κ1) is 9.04. The van der Waals surface area contributed by atoms with Crippen LogP contribution in [0.15, 0.2) is 18.2 Å². The molecule has 0 aromatic heterocycles. The minimum Gasteiger partial charge on any atom is -0.373 e. The third kappa shape index (κ3) is 1.59. The van der Waals surface area contributed by atoms with Crippen LogP contribution in [0, 0.1) is 0 Å². The monoisotopic (exact) mass is 196 g/mol. The lowest BCUT2D eigenvalue weighted by molar-refractivity contribution is 0.0429. The summed E-state index contributed by atoms with van der Waals surface area (Å²) in [5, 5.41) is 0.819. The molecule has 1 aromatic carbocycles. The second kappa shape index (κ2) is 3.32. The molecule has 0 spiro atoms. The molecule has 0 amide bonds. The van der Waals surface area contributed by atoms with Crippen LogP contribution in [0.5, 0.6) is 0 Å². The van der Waals surface area contributed by atoms with Gasteiger partial charge in [0.05, 0.1) is 12.7 Å². The van der Waals surface area contributed by atoms with Gasteiger partial charge in [-0.1, -0.05) is 24.6 Å². The molecule has 0 saturated carbocycles. The van der Waals surface area contributed by atoms with Gasteiger partial charge in [-0.25, -0.2) is 0 Å². The van der Waals surface area contributed by atoms with Crippen molar-refractivity contribution in [1.29, 1.82) is 0 Å².